The Hall–Kier alpha value is -2.61. The summed E-state index contributed by atoms with van der Waals surface area (Å²) < 4.78 is 17.2. The molecule has 176 valence electrons. The largest absolute Gasteiger partial charge is 0.493 e. The fraction of sp³-hybridized carbons (Fsp3) is 0.423. The molecule has 1 aliphatic heterocycles. The number of methoxy groups -OCH3 is 1. The molecule has 1 N–H and O–H groups in total. The summed E-state index contributed by atoms with van der Waals surface area (Å²) in [6.07, 6.45) is 1.00. The summed E-state index contributed by atoms with van der Waals surface area (Å²) >= 11 is 5.89. The predicted molar refractivity (Wildman–Crippen MR) is 137 cm³/mol. The van der Waals surface area contributed by atoms with Gasteiger partial charge in [-0.3, -0.25) is 4.90 Å². The average Bonchev–Trinajstić information content (AvgIpc) is 3.27. The fourth-order valence-electron chi connectivity index (χ4n) is 4.26. The smallest absolute Gasteiger partial charge is 0.176 e. The van der Waals surface area contributed by atoms with Crippen LogP contribution in [0.5, 0.6) is 5.75 Å². The van der Waals surface area contributed by atoms with Crippen molar-refractivity contribution < 1.29 is 13.9 Å². The predicted octanol–water partition coefficient (Wildman–Crippen LogP) is 5.23. The zero-order valence-corrected chi connectivity index (χ0v) is 20.5. The van der Waals surface area contributed by atoms with Gasteiger partial charge in [0.25, 0.3) is 0 Å². The molecule has 1 atom stereocenters. The molecule has 0 bridgehead atoms. The molecule has 7 heteroatoms. The van der Waals surface area contributed by atoms with Crippen molar-refractivity contribution in [2.24, 2.45) is 0 Å². The van der Waals surface area contributed by atoms with E-state index in [1.807, 2.05) is 30.3 Å². The van der Waals surface area contributed by atoms with Crippen LogP contribution in [0.3, 0.4) is 0 Å². The molecule has 1 aliphatic rings. The van der Waals surface area contributed by atoms with Crippen LogP contribution in [0.4, 0.5) is 5.69 Å². The molecule has 0 aliphatic carbocycles. The van der Waals surface area contributed by atoms with E-state index in [1.54, 1.807) is 7.11 Å². The van der Waals surface area contributed by atoms with Gasteiger partial charge >= 0.3 is 0 Å². The van der Waals surface area contributed by atoms with Crippen molar-refractivity contribution in [3.8, 4) is 5.75 Å². The molecule has 6 nitrogen and oxygen atoms in total. The first kappa shape index (κ1) is 23.5. The number of hydrogen-bond acceptors (Lipinski definition) is 5. The number of nitrogens with one attached hydrogen (secondary N) is 1. The van der Waals surface area contributed by atoms with E-state index in [-0.39, 0.29) is 6.04 Å². The summed E-state index contributed by atoms with van der Waals surface area (Å²) in [5.74, 6) is 1.61. The van der Waals surface area contributed by atoms with Crippen LogP contribution < -0.4 is 10.1 Å². The Morgan fingerprint density at radius 3 is 2.73 bits per heavy atom. The van der Waals surface area contributed by atoms with Gasteiger partial charge in [0.2, 0.25) is 0 Å². The summed E-state index contributed by atoms with van der Waals surface area (Å²) in [4.78, 5) is 4.68. The molecule has 0 unspecified atom stereocenters. The lowest BCUT2D eigenvalue weighted by atomic mass is 10.2. The maximum absolute atomic E-state index is 6.27. The second kappa shape index (κ2) is 11.0. The van der Waals surface area contributed by atoms with Crippen molar-refractivity contribution in [2.75, 3.05) is 51.8 Å². The number of aryl methyl sites for hydroxylation is 1. The lowest BCUT2D eigenvalue weighted by Crippen LogP contribution is -2.41. The van der Waals surface area contributed by atoms with Crippen molar-refractivity contribution in [3.63, 3.8) is 0 Å². The van der Waals surface area contributed by atoms with E-state index in [0.717, 1.165) is 74.0 Å². The maximum Gasteiger partial charge on any atom is 0.176 e. The van der Waals surface area contributed by atoms with E-state index in [0.29, 0.717) is 5.11 Å². The molecule has 0 amide bonds. The van der Waals surface area contributed by atoms with Gasteiger partial charge in [0.05, 0.1) is 26.4 Å². The zero-order valence-electron chi connectivity index (χ0n) is 19.7. The third-order valence-corrected chi connectivity index (χ3v) is 6.47. The van der Waals surface area contributed by atoms with E-state index in [2.05, 4.69) is 47.2 Å². The molecule has 2 heterocycles. The van der Waals surface area contributed by atoms with Crippen molar-refractivity contribution in [2.45, 2.75) is 26.3 Å². The molecule has 33 heavy (non-hydrogen) atoms. The van der Waals surface area contributed by atoms with Gasteiger partial charge in [-0.15, -0.1) is 0 Å². The topological polar surface area (TPSA) is 50.1 Å². The first-order valence-corrected chi connectivity index (χ1v) is 12.0. The van der Waals surface area contributed by atoms with Gasteiger partial charge in [-0.1, -0.05) is 24.3 Å². The zero-order chi connectivity index (χ0) is 23.2. The molecule has 0 spiro atoms. The second-order valence-corrected chi connectivity index (χ2v) is 8.89. The average molecular weight is 468 g/mol. The van der Waals surface area contributed by atoms with Crippen molar-refractivity contribution >= 4 is 34.0 Å². The maximum atomic E-state index is 6.27. The van der Waals surface area contributed by atoms with E-state index in [4.69, 9.17) is 26.1 Å². The number of thiocarbonyl (C=S) groups is 1. The number of hydrogen-bond donors (Lipinski definition) is 1. The van der Waals surface area contributed by atoms with Gasteiger partial charge in [0, 0.05) is 37.3 Å². The van der Waals surface area contributed by atoms with E-state index < -0.39 is 0 Å². The quantitative estimate of drug-likeness (QED) is 0.455. The molecule has 2 aromatic carbocycles. The molecule has 3 aromatic rings. The lowest BCUT2D eigenvalue weighted by molar-refractivity contribution is 0.0365. The molecule has 0 radical (unpaired) electrons. The highest BCUT2D eigenvalue weighted by atomic mass is 32.1. The molecule has 1 saturated heterocycles. The summed E-state index contributed by atoms with van der Waals surface area (Å²) in [7, 11) is 1.67. The Morgan fingerprint density at radius 2 is 1.97 bits per heavy atom. The second-order valence-electron chi connectivity index (χ2n) is 8.50. The number of anilines is 1. The van der Waals surface area contributed by atoms with Crippen molar-refractivity contribution in [1.29, 1.82) is 0 Å². The highest BCUT2D eigenvalue weighted by molar-refractivity contribution is 7.80. The fourth-order valence-corrected chi connectivity index (χ4v) is 4.62. The third kappa shape index (κ3) is 5.85. The lowest BCUT2D eigenvalue weighted by Gasteiger charge is -2.32. The normalized spacial score (nSPS) is 15.4. The van der Waals surface area contributed by atoms with Gasteiger partial charge in [-0.05, 0) is 62.3 Å². The molecule has 0 saturated carbocycles. The first-order valence-electron chi connectivity index (χ1n) is 11.6. The minimum absolute atomic E-state index is 0.0309. The molecule has 1 aromatic heterocycles. The Morgan fingerprint density at radius 1 is 1.18 bits per heavy atom. The summed E-state index contributed by atoms with van der Waals surface area (Å²) in [5, 5.41) is 5.16. The Bertz CT molecular complexity index is 1080. The summed E-state index contributed by atoms with van der Waals surface area (Å²) in [6, 6.07) is 16.3. The third-order valence-electron chi connectivity index (χ3n) is 6.13. The number of rotatable bonds is 8. The van der Waals surface area contributed by atoms with Gasteiger partial charge < -0.3 is 24.1 Å². The van der Waals surface area contributed by atoms with Crippen LogP contribution >= 0.6 is 12.2 Å². The number of morpholine rings is 1. The number of nitrogens with zero attached hydrogens (tertiary/aromatic N) is 2. The minimum Gasteiger partial charge on any atom is -0.493 e. The standard InChI is InChI=1S/C26H33N3O3S/c1-19-7-4-9-22(17-19)27-26(33)29(12-6-11-28-13-15-31-16-14-28)20(2)24-18-21-8-5-10-23(30-3)25(21)32-24/h4-5,7-10,17-18,20H,6,11-16H2,1-3H3,(H,27,33)/t20-/m0/s1. The van der Waals surface area contributed by atoms with E-state index in [1.165, 1.54) is 5.56 Å². The molecular weight excluding hydrogens is 434 g/mol. The van der Waals surface area contributed by atoms with Crippen LogP contribution in [0.15, 0.2) is 52.9 Å². The van der Waals surface area contributed by atoms with Crippen LogP contribution in [0.25, 0.3) is 11.0 Å². The minimum atomic E-state index is -0.0309. The van der Waals surface area contributed by atoms with E-state index in [9.17, 15) is 0 Å². The first-order chi connectivity index (χ1) is 16.0. The summed E-state index contributed by atoms with van der Waals surface area (Å²) in [5.41, 5.74) is 2.96. The van der Waals surface area contributed by atoms with Crippen molar-refractivity contribution in [1.82, 2.24) is 9.80 Å². The van der Waals surface area contributed by atoms with Crippen molar-refractivity contribution in [3.05, 3.63) is 59.9 Å². The van der Waals surface area contributed by atoms with Gasteiger partial charge in [-0.2, -0.15) is 0 Å². The number of fused-ring (bicyclic) bond motifs is 1. The number of benzene rings is 2. The highest BCUT2D eigenvalue weighted by Crippen LogP contribution is 2.33. The van der Waals surface area contributed by atoms with Crippen LogP contribution in [0.1, 0.15) is 30.7 Å². The molecule has 4 rings (SSSR count). The van der Waals surface area contributed by atoms with Gasteiger partial charge in [0.1, 0.15) is 5.76 Å². The van der Waals surface area contributed by atoms with Crippen LogP contribution in [0.2, 0.25) is 0 Å². The van der Waals surface area contributed by atoms with Crippen LogP contribution in [0, 0.1) is 6.92 Å². The van der Waals surface area contributed by atoms with Gasteiger partial charge in [-0.25, -0.2) is 0 Å². The highest BCUT2D eigenvalue weighted by Gasteiger charge is 2.23. The number of para-hydroxylation sites is 1. The van der Waals surface area contributed by atoms with Gasteiger partial charge in [0.15, 0.2) is 16.4 Å². The van der Waals surface area contributed by atoms with Crippen LogP contribution in [-0.4, -0.2) is 61.4 Å². The Balaban J connectivity index is 1.53. The Labute approximate surface area is 201 Å². The monoisotopic (exact) mass is 467 g/mol. The SMILES string of the molecule is COc1cccc2cc([C@H](C)N(CCCN3CCOCC3)C(=S)Nc3cccc(C)c3)oc12. The summed E-state index contributed by atoms with van der Waals surface area (Å²) in [6.45, 7) is 9.68. The van der Waals surface area contributed by atoms with E-state index >= 15 is 0 Å². The Kier molecular flexibility index (Phi) is 7.85. The molecule has 1 fully saturated rings. The number of furan rings is 1. The molecular formula is C26H33N3O3S. The van der Waals surface area contributed by atoms with Crippen LogP contribution in [-0.2, 0) is 4.74 Å². The number of ether oxygens (including phenoxy) is 2.